The molecule has 1 N–H and O–H groups in total. The Morgan fingerprint density at radius 1 is 1.38 bits per heavy atom. The van der Waals surface area contributed by atoms with Gasteiger partial charge in [-0.1, -0.05) is 18.8 Å². The highest BCUT2D eigenvalue weighted by atomic mass is 16.5. The van der Waals surface area contributed by atoms with Gasteiger partial charge in [0.2, 0.25) is 0 Å². The van der Waals surface area contributed by atoms with Gasteiger partial charge in [0.25, 0.3) is 0 Å². The molecular weight excluding hydrogens is 262 g/mol. The third-order valence-corrected chi connectivity index (χ3v) is 4.04. The summed E-state index contributed by atoms with van der Waals surface area (Å²) in [4.78, 5) is 2.51. The van der Waals surface area contributed by atoms with E-state index in [1.165, 1.54) is 12.0 Å². The van der Waals surface area contributed by atoms with Crippen LogP contribution in [0.1, 0.15) is 37.8 Å². The topological polar surface area (TPSA) is 32.7 Å². The van der Waals surface area contributed by atoms with E-state index in [1.807, 2.05) is 12.1 Å². The Labute approximate surface area is 127 Å². The van der Waals surface area contributed by atoms with E-state index >= 15 is 0 Å². The van der Waals surface area contributed by atoms with Crippen molar-refractivity contribution in [2.24, 2.45) is 5.92 Å². The maximum atomic E-state index is 8.80. The molecule has 114 valence electrons. The standard InChI is InChI=1S/C18H25NO2/c1-14-10-15(2)19(12-14)13-17-11-16(6-4-5-9-20)7-8-18(17)21-3/h7-8,11,14-15,20H,5,9-10,12-13H2,1-3H3. The van der Waals surface area contributed by atoms with Gasteiger partial charge in [0.15, 0.2) is 0 Å². The molecule has 1 aromatic carbocycles. The first kappa shape index (κ1) is 15.9. The fourth-order valence-electron chi connectivity index (χ4n) is 3.03. The molecule has 3 heteroatoms. The number of aliphatic hydroxyl groups is 1. The Hall–Kier alpha value is -1.50. The molecule has 1 fully saturated rings. The number of likely N-dealkylation sites (tertiary alicyclic amines) is 1. The van der Waals surface area contributed by atoms with Crippen LogP contribution in [0.15, 0.2) is 18.2 Å². The molecule has 2 atom stereocenters. The van der Waals surface area contributed by atoms with Crippen LogP contribution in [0.2, 0.25) is 0 Å². The average Bonchev–Trinajstić information content (AvgIpc) is 2.77. The van der Waals surface area contributed by atoms with Crippen LogP contribution in [-0.4, -0.2) is 36.3 Å². The van der Waals surface area contributed by atoms with E-state index in [2.05, 4.69) is 36.7 Å². The fourth-order valence-corrected chi connectivity index (χ4v) is 3.03. The van der Waals surface area contributed by atoms with E-state index in [9.17, 15) is 0 Å². The number of hydrogen-bond donors (Lipinski definition) is 1. The maximum absolute atomic E-state index is 8.80. The normalized spacial score (nSPS) is 21.9. The number of benzene rings is 1. The molecule has 0 aromatic heterocycles. The zero-order chi connectivity index (χ0) is 15.2. The lowest BCUT2D eigenvalue weighted by Gasteiger charge is -2.22. The zero-order valence-corrected chi connectivity index (χ0v) is 13.2. The van der Waals surface area contributed by atoms with Gasteiger partial charge in [-0.2, -0.15) is 0 Å². The predicted molar refractivity (Wildman–Crippen MR) is 85.2 cm³/mol. The molecule has 0 saturated carbocycles. The van der Waals surface area contributed by atoms with Crippen LogP contribution in [-0.2, 0) is 6.54 Å². The second-order valence-corrected chi connectivity index (χ2v) is 5.92. The van der Waals surface area contributed by atoms with Crippen LogP contribution in [0.4, 0.5) is 0 Å². The second kappa shape index (κ2) is 7.49. The largest absolute Gasteiger partial charge is 0.496 e. The molecule has 21 heavy (non-hydrogen) atoms. The van der Waals surface area contributed by atoms with E-state index in [4.69, 9.17) is 9.84 Å². The van der Waals surface area contributed by atoms with Crippen molar-refractivity contribution in [2.45, 2.75) is 39.3 Å². The fraction of sp³-hybridized carbons (Fsp3) is 0.556. The number of methoxy groups -OCH3 is 1. The van der Waals surface area contributed by atoms with E-state index in [-0.39, 0.29) is 6.61 Å². The highest BCUT2D eigenvalue weighted by Gasteiger charge is 2.26. The van der Waals surface area contributed by atoms with Crippen molar-refractivity contribution in [1.82, 2.24) is 4.90 Å². The Kier molecular flexibility index (Phi) is 5.67. The first-order valence-corrected chi connectivity index (χ1v) is 7.64. The van der Waals surface area contributed by atoms with E-state index in [0.717, 1.165) is 30.3 Å². The molecule has 1 heterocycles. The van der Waals surface area contributed by atoms with Gasteiger partial charge in [-0.25, -0.2) is 0 Å². The van der Waals surface area contributed by atoms with Crippen molar-refractivity contribution in [2.75, 3.05) is 20.3 Å². The smallest absolute Gasteiger partial charge is 0.123 e. The summed E-state index contributed by atoms with van der Waals surface area (Å²) in [5.74, 6) is 7.76. The molecule has 0 amide bonds. The van der Waals surface area contributed by atoms with Crippen molar-refractivity contribution in [1.29, 1.82) is 0 Å². The molecule has 2 rings (SSSR count). The Morgan fingerprint density at radius 2 is 2.19 bits per heavy atom. The van der Waals surface area contributed by atoms with Gasteiger partial charge in [0.05, 0.1) is 13.7 Å². The van der Waals surface area contributed by atoms with E-state index in [1.54, 1.807) is 7.11 Å². The van der Waals surface area contributed by atoms with Crippen molar-refractivity contribution in [3.05, 3.63) is 29.3 Å². The molecule has 0 aliphatic carbocycles. The molecule has 1 saturated heterocycles. The first-order chi connectivity index (χ1) is 10.1. The van der Waals surface area contributed by atoms with Crippen molar-refractivity contribution < 1.29 is 9.84 Å². The molecule has 0 spiro atoms. The lowest BCUT2D eigenvalue weighted by Crippen LogP contribution is -2.26. The van der Waals surface area contributed by atoms with Gasteiger partial charge in [0.1, 0.15) is 5.75 Å². The van der Waals surface area contributed by atoms with Gasteiger partial charge in [0, 0.05) is 36.7 Å². The lowest BCUT2D eigenvalue weighted by molar-refractivity contribution is 0.252. The number of nitrogens with zero attached hydrogens (tertiary/aromatic N) is 1. The summed E-state index contributed by atoms with van der Waals surface area (Å²) in [7, 11) is 1.71. The second-order valence-electron chi connectivity index (χ2n) is 5.92. The van der Waals surface area contributed by atoms with Crippen LogP contribution in [0.5, 0.6) is 5.75 Å². The SMILES string of the molecule is COc1ccc(C#CCCO)cc1CN1CC(C)CC1C. The number of rotatable bonds is 4. The molecule has 1 aliphatic rings. The Bertz CT molecular complexity index is 530. The van der Waals surface area contributed by atoms with Crippen LogP contribution in [0.25, 0.3) is 0 Å². The third-order valence-electron chi connectivity index (χ3n) is 4.04. The summed E-state index contributed by atoms with van der Waals surface area (Å²) in [6, 6.07) is 6.69. The summed E-state index contributed by atoms with van der Waals surface area (Å²) < 4.78 is 5.48. The third kappa shape index (κ3) is 4.23. The van der Waals surface area contributed by atoms with Crippen LogP contribution < -0.4 is 4.74 Å². The molecule has 1 aliphatic heterocycles. The number of aliphatic hydroxyl groups excluding tert-OH is 1. The van der Waals surface area contributed by atoms with Gasteiger partial charge in [-0.05, 0) is 37.5 Å². The van der Waals surface area contributed by atoms with Gasteiger partial charge in [-0.3, -0.25) is 4.90 Å². The van der Waals surface area contributed by atoms with Gasteiger partial charge >= 0.3 is 0 Å². The minimum atomic E-state index is 0.110. The van der Waals surface area contributed by atoms with Crippen molar-refractivity contribution in [3.63, 3.8) is 0 Å². The molecule has 0 radical (unpaired) electrons. The summed E-state index contributed by atoms with van der Waals surface area (Å²) in [5.41, 5.74) is 2.17. The quantitative estimate of drug-likeness (QED) is 0.864. The minimum absolute atomic E-state index is 0.110. The average molecular weight is 287 g/mol. The van der Waals surface area contributed by atoms with Crippen molar-refractivity contribution >= 4 is 0 Å². The Balaban J connectivity index is 2.16. The zero-order valence-electron chi connectivity index (χ0n) is 13.2. The van der Waals surface area contributed by atoms with Crippen LogP contribution >= 0.6 is 0 Å². The first-order valence-electron chi connectivity index (χ1n) is 7.64. The molecule has 3 nitrogen and oxygen atoms in total. The van der Waals surface area contributed by atoms with Crippen LogP contribution in [0.3, 0.4) is 0 Å². The van der Waals surface area contributed by atoms with Crippen molar-refractivity contribution in [3.8, 4) is 17.6 Å². The summed E-state index contributed by atoms with van der Waals surface area (Å²) in [6.07, 6.45) is 1.78. The minimum Gasteiger partial charge on any atom is -0.496 e. The van der Waals surface area contributed by atoms with E-state index < -0.39 is 0 Å². The predicted octanol–water partition coefficient (Wildman–Crippen LogP) is 2.66. The van der Waals surface area contributed by atoms with E-state index in [0.29, 0.717) is 12.5 Å². The Morgan fingerprint density at radius 3 is 2.81 bits per heavy atom. The monoisotopic (exact) mass is 287 g/mol. The van der Waals surface area contributed by atoms with Gasteiger partial charge in [-0.15, -0.1) is 0 Å². The summed E-state index contributed by atoms with van der Waals surface area (Å²) in [5, 5.41) is 8.80. The summed E-state index contributed by atoms with van der Waals surface area (Å²) >= 11 is 0. The maximum Gasteiger partial charge on any atom is 0.123 e. The lowest BCUT2D eigenvalue weighted by atomic mass is 10.1. The highest BCUT2D eigenvalue weighted by Crippen LogP contribution is 2.28. The number of hydrogen-bond acceptors (Lipinski definition) is 3. The van der Waals surface area contributed by atoms with Gasteiger partial charge < -0.3 is 9.84 Å². The number of ether oxygens (including phenoxy) is 1. The highest BCUT2D eigenvalue weighted by molar-refractivity contribution is 5.44. The molecule has 0 bridgehead atoms. The summed E-state index contributed by atoms with van der Waals surface area (Å²) in [6.45, 7) is 6.76. The molecular formula is C18H25NO2. The molecule has 1 aromatic rings. The molecule has 2 unspecified atom stereocenters. The van der Waals surface area contributed by atoms with Crippen LogP contribution in [0, 0.1) is 17.8 Å².